The number of piperidine rings is 1. The SMILES string of the molecule is Cc1ccc(NC(=O)CCC2CCCNC2)c(C)c1O. The van der Waals surface area contributed by atoms with E-state index in [2.05, 4.69) is 10.6 Å². The summed E-state index contributed by atoms with van der Waals surface area (Å²) in [5.74, 6) is 0.906. The van der Waals surface area contributed by atoms with Crippen LogP contribution >= 0.6 is 0 Å². The van der Waals surface area contributed by atoms with E-state index in [9.17, 15) is 9.90 Å². The van der Waals surface area contributed by atoms with Gasteiger partial charge in [-0.2, -0.15) is 0 Å². The summed E-state index contributed by atoms with van der Waals surface area (Å²) in [5, 5.41) is 16.1. The summed E-state index contributed by atoms with van der Waals surface area (Å²) in [4.78, 5) is 12.0. The Morgan fingerprint density at radius 3 is 2.95 bits per heavy atom. The van der Waals surface area contributed by atoms with E-state index in [1.54, 1.807) is 0 Å². The summed E-state index contributed by atoms with van der Waals surface area (Å²) in [5.41, 5.74) is 2.27. The summed E-state index contributed by atoms with van der Waals surface area (Å²) in [6.45, 7) is 5.80. The molecule has 0 aliphatic carbocycles. The fourth-order valence-corrected chi connectivity index (χ4v) is 2.69. The van der Waals surface area contributed by atoms with Gasteiger partial charge in [-0.15, -0.1) is 0 Å². The highest BCUT2D eigenvalue weighted by atomic mass is 16.3. The lowest BCUT2D eigenvalue weighted by atomic mass is 9.94. The first-order chi connectivity index (χ1) is 9.58. The standard InChI is InChI=1S/C16H24N2O2/c1-11-5-7-14(12(2)16(11)20)18-15(19)8-6-13-4-3-9-17-10-13/h5,7,13,17,20H,3-4,6,8-10H2,1-2H3,(H,18,19). The monoisotopic (exact) mass is 276 g/mol. The van der Waals surface area contributed by atoms with Gasteiger partial charge in [0.05, 0.1) is 0 Å². The summed E-state index contributed by atoms with van der Waals surface area (Å²) in [6.07, 6.45) is 3.89. The lowest BCUT2D eigenvalue weighted by molar-refractivity contribution is -0.116. The Balaban J connectivity index is 1.86. The van der Waals surface area contributed by atoms with Crippen LogP contribution < -0.4 is 10.6 Å². The first kappa shape index (κ1) is 14.9. The molecular formula is C16H24N2O2. The van der Waals surface area contributed by atoms with Gasteiger partial charge in [0.15, 0.2) is 0 Å². The van der Waals surface area contributed by atoms with E-state index in [1.165, 1.54) is 12.8 Å². The lowest BCUT2D eigenvalue weighted by Crippen LogP contribution is -2.30. The molecule has 2 rings (SSSR count). The Morgan fingerprint density at radius 1 is 1.45 bits per heavy atom. The molecule has 0 aromatic heterocycles. The quantitative estimate of drug-likeness (QED) is 0.792. The maximum Gasteiger partial charge on any atom is 0.224 e. The smallest absolute Gasteiger partial charge is 0.224 e. The lowest BCUT2D eigenvalue weighted by Gasteiger charge is -2.22. The molecule has 1 aromatic carbocycles. The van der Waals surface area contributed by atoms with Gasteiger partial charge in [0.25, 0.3) is 0 Å². The van der Waals surface area contributed by atoms with Gasteiger partial charge in [0.2, 0.25) is 5.91 Å². The van der Waals surface area contributed by atoms with E-state index >= 15 is 0 Å². The molecule has 0 radical (unpaired) electrons. The number of phenols is 1. The summed E-state index contributed by atoms with van der Waals surface area (Å²) in [6, 6.07) is 3.67. The van der Waals surface area contributed by atoms with Crippen LogP contribution in [0.15, 0.2) is 12.1 Å². The molecule has 0 bridgehead atoms. The predicted molar refractivity (Wildman–Crippen MR) is 81.0 cm³/mol. The number of carbonyl (C=O) groups excluding carboxylic acids is 1. The van der Waals surface area contributed by atoms with Crippen molar-refractivity contribution in [2.45, 2.75) is 39.5 Å². The first-order valence-corrected chi connectivity index (χ1v) is 7.37. The molecule has 0 spiro atoms. The van der Waals surface area contributed by atoms with Gasteiger partial charge in [-0.25, -0.2) is 0 Å². The normalized spacial score (nSPS) is 18.8. The number of aromatic hydroxyl groups is 1. The molecule has 4 nitrogen and oxygen atoms in total. The van der Waals surface area contributed by atoms with Gasteiger partial charge >= 0.3 is 0 Å². The third-order valence-electron chi connectivity index (χ3n) is 4.09. The number of anilines is 1. The third-order valence-corrected chi connectivity index (χ3v) is 4.09. The molecule has 1 aromatic rings. The van der Waals surface area contributed by atoms with Crippen molar-refractivity contribution >= 4 is 11.6 Å². The van der Waals surface area contributed by atoms with Gasteiger partial charge in [-0.3, -0.25) is 4.79 Å². The van der Waals surface area contributed by atoms with Crippen molar-refractivity contribution < 1.29 is 9.90 Å². The number of amides is 1. The molecule has 1 saturated heterocycles. The molecule has 1 amide bonds. The van der Waals surface area contributed by atoms with Gasteiger partial charge in [0.1, 0.15) is 5.75 Å². The highest BCUT2D eigenvalue weighted by Gasteiger charge is 2.15. The van der Waals surface area contributed by atoms with Crippen molar-refractivity contribution in [1.29, 1.82) is 0 Å². The molecule has 1 unspecified atom stereocenters. The summed E-state index contributed by atoms with van der Waals surface area (Å²) < 4.78 is 0. The molecule has 1 aliphatic rings. The van der Waals surface area contributed by atoms with Crippen molar-refractivity contribution in [1.82, 2.24) is 5.32 Å². The van der Waals surface area contributed by atoms with Crippen molar-refractivity contribution in [3.63, 3.8) is 0 Å². The van der Waals surface area contributed by atoms with Crippen LogP contribution in [0.2, 0.25) is 0 Å². The predicted octanol–water partition coefficient (Wildman–Crippen LogP) is 2.73. The second kappa shape index (κ2) is 6.75. The fraction of sp³-hybridized carbons (Fsp3) is 0.562. The second-order valence-corrected chi connectivity index (χ2v) is 5.70. The highest BCUT2D eigenvalue weighted by Crippen LogP contribution is 2.28. The molecule has 0 saturated carbocycles. The molecule has 4 heteroatoms. The minimum absolute atomic E-state index is 0.0296. The van der Waals surface area contributed by atoms with Crippen molar-refractivity contribution in [2.24, 2.45) is 5.92 Å². The van der Waals surface area contributed by atoms with E-state index in [4.69, 9.17) is 0 Å². The van der Waals surface area contributed by atoms with Crippen LogP contribution in [0.1, 0.15) is 36.8 Å². The first-order valence-electron chi connectivity index (χ1n) is 7.37. The van der Waals surface area contributed by atoms with E-state index in [1.807, 2.05) is 26.0 Å². The van der Waals surface area contributed by atoms with Crippen LogP contribution in [0.4, 0.5) is 5.69 Å². The Morgan fingerprint density at radius 2 is 2.25 bits per heavy atom. The van der Waals surface area contributed by atoms with Crippen LogP contribution in [0, 0.1) is 19.8 Å². The number of benzene rings is 1. The van der Waals surface area contributed by atoms with Crippen LogP contribution in [0.5, 0.6) is 5.75 Å². The largest absolute Gasteiger partial charge is 0.507 e. The maximum absolute atomic E-state index is 12.0. The molecule has 3 N–H and O–H groups in total. The van der Waals surface area contributed by atoms with Crippen LogP contribution in [0.25, 0.3) is 0 Å². The average Bonchev–Trinajstić information content (AvgIpc) is 2.47. The molecule has 110 valence electrons. The Bertz CT molecular complexity index is 480. The fourth-order valence-electron chi connectivity index (χ4n) is 2.69. The van der Waals surface area contributed by atoms with Crippen LogP contribution in [0.3, 0.4) is 0 Å². The average molecular weight is 276 g/mol. The molecule has 1 fully saturated rings. The van der Waals surface area contributed by atoms with E-state index in [0.29, 0.717) is 18.0 Å². The highest BCUT2D eigenvalue weighted by molar-refractivity contribution is 5.91. The van der Waals surface area contributed by atoms with Crippen molar-refractivity contribution in [3.05, 3.63) is 23.3 Å². The number of carbonyl (C=O) groups is 1. The summed E-state index contributed by atoms with van der Waals surface area (Å²) in [7, 11) is 0. The molecule has 1 atom stereocenters. The maximum atomic E-state index is 12.0. The van der Waals surface area contributed by atoms with E-state index < -0.39 is 0 Å². The molecule has 1 heterocycles. The number of hydrogen-bond donors (Lipinski definition) is 3. The summed E-state index contributed by atoms with van der Waals surface area (Å²) >= 11 is 0. The zero-order chi connectivity index (χ0) is 14.5. The Kier molecular flexibility index (Phi) is 5.01. The van der Waals surface area contributed by atoms with E-state index in [-0.39, 0.29) is 11.7 Å². The minimum Gasteiger partial charge on any atom is -0.507 e. The Labute approximate surface area is 120 Å². The topological polar surface area (TPSA) is 61.4 Å². The zero-order valence-corrected chi connectivity index (χ0v) is 12.3. The molecule has 1 aliphatic heterocycles. The molecular weight excluding hydrogens is 252 g/mol. The minimum atomic E-state index is 0.0296. The van der Waals surface area contributed by atoms with Crippen molar-refractivity contribution in [2.75, 3.05) is 18.4 Å². The van der Waals surface area contributed by atoms with Crippen molar-refractivity contribution in [3.8, 4) is 5.75 Å². The third kappa shape index (κ3) is 3.73. The van der Waals surface area contributed by atoms with Crippen LogP contribution in [-0.2, 0) is 4.79 Å². The van der Waals surface area contributed by atoms with E-state index in [0.717, 1.165) is 30.6 Å². The Hall–Kier alpha value is -1.55. The second-order valence-electron chi connectivity index (χ2n) is 5.70. The van der Waals surface area contributed by atoms with Gasteiger partial charge < -0.3 is 15.7 Å². The number of aryl methyl sites for hydroxylation is 1. The van der Waals surface area contributed by atoms with Gasteiger partial charge in [-0.05, 0) is 63.7 Å². The van der Waals surface area contributed by atoms with Gasteiger partial charge in [-0.1, -0.05) is 6.07 Å². The number of nitrogens with one attached hydrogen (secondary N) is 2. The number of hydrogen-bond acceptors (Lipinski definition) is 3. The van der Waals surface area contributed by atoms with Crippen LogP contribution in [-0.4, -0.2) is 24.1 Å². The van der Waals surface area contributed by atoms with Gasteiger partial charge in [0, 0.05) is 17.7 Å². The zero-order valence-electron chi connectivity index (χ0n) is 12.3. The number of phenolic OH excluding ortho intramolecular Hbond substituents is 1. The molecule has 20 heavy (non-hydrogen) atoms. The number of rotatable bonds is 4.